The van der Waals surface area contributed by atoms with Gasteiger partial charge in [0.15, 0.2) is 0 Å². The average Bonchev–Trinajstić information content (AvgIpc) is 3.28. The van der Waals surface area contributed by atoms with Crippen molar-refractivity contribution in [1.29, 1.82) is 0 Å². The number of aromatic nitrogens is 3. The Morgan fingerprint density at radius 1 is 1.10 bits per heavy atom. The highest BCUT2D eigenvalue weighted by molar-refractivity contribution is 7.19. The Labute approximate surface area is 229 Å². The monoisotopic (exact) mass is 577 g/mol. The maximum Gasteiger partial charge on any atom is 0.406 e. The summed E-state index contributed by atoms with van der Waals surface area (Å²) in [6.45, 7) is 2.20. The summed E-state index contributed by atoms with van der Waals surface area (Å²) in [6.07, 6.45) is -2.12. The molecule has 1 aliphatic rings. The molecule has 5 rings (SSSR count). The molecule has 3 aromatic heterocycles. The van der Waals surface area contributed by atoms with Crippen molar-refractivity contribution < 1.29 is 18.0 Å². The van der Waals surface area contributed by atoms with E-state index in [9.17, 15) is 27.6 Å². The lowest BCUT2D eigenvalue weighted by molar-refractivity contribution is -0.141. The van der Waals surface area contributed by atoms with Crippen molar-refractivity contribution in [3.8, 4) is 11.1 Å². The Morgan fingerprint density at radius 3 is 2.64 bits per heavy atom. The average molecular weight is 578 g/mol. The number of nitrogens with zero attached hydrogens (tertiary/aromatic N) is 4. The van der Waals surface area contributed by atoms with E-state index in [-0.39, 0.29) is 19.0 Å². The molecule has 0 aliphatic carbocycles. The number of rotatable bonds is 6. The van der Waals surface area contributed by atoms with Crippen molar-refractivity contribution in [3.63, 3.8) is 0 Å². The summed E-state index contributed by atoms with van der Waals surface area (Å²) < 4.78 is 40.7. The molecule has 0 saturated carbocycles. The topological polar surface area (TPSA) is 89.2 Å². The van der Waals surface area contributed by atoms with Crippen LogP contribution in [0.3, 0.4) is 0 Å². The molecule has 4 heterocycles. The van der Waals surface area contributed by atoms with E-state index in [1.165, 1.54) is 11.3 Å². The third kappa shape index (κ3) is 5.77. The standard InChI is InChI=1S/C26H23ClF3N5O3S/c1-15-8-16(27)9-19(20(15)13-33-7-5-31-11-23(33)37)18-2-4-32-21-10-17(39-24(18)21)12-35-22(36)3-6-34(25(35)38)14-26(28,29)30/h2-4,6,8-10,31H,5,7,11-14H2,1H3. The molecule has 4 aromatic rings. The van der Waals surface area contributed by atoms with Gasteiger partial charge < -0.3 is 10.2 Å². The first-order valence-corrected chi connectivity index (χ1v) is 13.2. The molecule has 1 saturated heterocycles. The molecule has 0 unspecified atom stereocenters. The van der Waals surface area contributed by atoms with Crippen molar-refractivity contribution in [3.05, 3.63) is 84.6 Å². The van der Waals surface area contributed by atoms with Gasteiger partial charge in [-0.05, 0) is 47.9 Å². The summed E-state index contributed by atoms with van der Waals surface area (Å²) in [4.78, 5) is 44.4. The normalized spacial score (nSPS) is 14.4. The number of alkyl halides is 3. The fourth-order valence-electron chi connectivity index (χ4n) is 4.68. The molecule has 13 heteroatoms. The number of carbonyl (C=O) groups is 1. The smallest absolute Gasteiger partial charge is 0.336 e. The minimum atomic E-state index is -4.61. The van der Waals surface area contributed by atoms with Gasteiger partial charge in [-0.3, -0.25) is 23.7 Å². The zero-order chi connectivity index (χ0) is 27.9. The maximum atomic E-state index is 12.9. The second-order valence-electron chi connectivity index (χ2n) is 9.29. The summed E-state index contributed by atoms with van der Waals surface area (Å²) >= 11 is 7.74. The molecular formula is C26H23ClF3N5O3S. The van der Waals surface area contributed by atoms with E-state index in [0.717, 1.165) is 43.8 Å². The number of hydrogen-bond donors (Lipinski definition) is 1. The van der Waals surface area contributed by atoms with Crippen LogP contribution in [0.5, 0.6) is 0 Å². The highest BCUT2D eigenvalue weighted by Crippen LogP contribution is 2.38. The van der Waals surface area contributed by atoms with E-state index in [2.05, 4.69) is 10.3 Å². The predicted octanol–water partition coefficient (Wildman–Crippen LogP) is 3.79. The van der Waals surface area contributed by atoms with Crippen molar-refractivity contribution in [2.45, 2.75) is 32.7 Å². The van der Waals surface area contributed by atoms with Gasteiger partial charge in [0.2, 0.25) is 5.91 Å². The van der Waals surface area contributed by atoms with Gasteiger partial charge in [0.05, 0.1) is 23.3 Å². The fourth-order valence-corrected chi connectivity index (χ4v) is 6.08. The lowest BCUT2D eigenvalue weighted by atomic mass is 9.95. The first-order valence-electron chi connectivity index (χ1n) is 12.0. The minimum Gasteiger partial charge on any atom is -0.336 e. The van der Waals surface area contributed by atoms with Crippen LogP contribution in [0.4, 0.5) is 13.2 Å². The third-order valence-corrected chi connectivity index (χ3v) is 7.89. The number of benzene rings is 1. The Bertz CT molecular complexity index is 1700. The van der Waals surface area contributed by atoms with Crippen LogP contribution in [0.2, 0.25) is 5.02 Å². The van der Waals surface area contributed by atoms with Gasteiger partial charge in [0.1, 0.15) is 6.54 Å². The number of pyridine rings is 1. The first-order chi connectivity index (χ1) is 18.5. The van der Waals surface area contributed by atoms with Crippen molar-refractivity contribution in [2.24, 2.45) is 0 Å². The zero-order valence-corrected chi connectivity index (χ0v) is 22.3. The van der Waals surface area contributed by atoms with Crippen LogP contribution >= 0.6 is 22.9 Å². The summed E-state index contributed by atoms with van der Waals surface area (Å²) in [5.74, 6) is 0.00400. The lowest BCUT2D eigenvalue weighted by Gasteiger charge is -2.29. The Kier molecular flexibility index (Phi) is 7.36. The number of amides is 1. The van der Waals surface area contributed by atoms with Gasteiger partial charge in [-0.2, -0.15) is 13.2 Å². The molecule has 1 fully saturated rings. The van der Waals surface area contributed by atoms with Crippen LogP contribution in [0.15, 0.2) is 52.3 Å². The molecule has 0 atom stereocenters. The Balaban J connectivity index is 1.56. The van der Waals surface area contributed by atoms with Crippen molar-refractivity contribution in [1.82, 2.24) is 24.3 Å². The molecule has 0 spiro atoms. The summed E-state index contributed by atoms with van der Waals surface area (Å²) in [5.41, 5.74) is 2.37. The molecule has 0 radical (unpaired) electrons. The largest absolute Gasteiger partial charge is 0.406 e. The quantitative estimate of drug-likeness (QED) is 0.377. The molecule has 39 heavy (non-hydrogen) atoms. The van der Waals surface area contributed by atoms with E-state index < -0.39 is 24.0 Å². The highest BCUT2D eigenvalue weighted by Gasteiger charge is 2.29. The molecule has 1 aliphatic heterocycles. The Hall–Kier alpha value is -3.48. The first kappa shape index (κ1) is 27.1. The molecule has 204 valence electrons. The van der Waals surface area contributed by atoms with Gasteiger partial charge in [0.25, 0.3) is 5.56 Å². The van der Waals surface area contributed by atoms with Crippen molar-refractivity contribution in [2.75, 3.05) is 19.6 Å². The van der Waals surface area contributed by atoms with Crippen LogP contribution < -0.4 is 16.6 Å². The van der Waals surface area contributed by atoms with E-state index in [1.54, 1.807) is 17.2 Å². The van der Waals surface area contributed by atoms with Gasteiger partial charge in [-0.25, -0.2) is 4.79 Å². The highest BCUT2D eigenvalue weighted by atomic mass is 35.5. The van der Waals surface area contributed by atoms with Crippen molar-refractivity contribution >= 4 is 39.1 Å². The Morgan fingerprint density at radius 2 is 1.90 bits per heavy atom. The minimum absolute atomic E-state index is 0.00400. The third-order valence-electron chi connectivity index (χ3n) is 6.53. The van der Waals surface area contributed by atoms with Crippen LogP contribution in [0, 0.1) is 6.92 Å². The van der Waals surface area contributed by atoms with Gasteiger partial charge in [-0.15, -0.1) is 11.3 Å². The SMILES string of the molecule is Cc1cc(Cl)cc(-c2ccnc3cc(Cn4c(=O)ccn(CC(F)(F)F)c4=O)sc23)c1CN1CCNCC1=O. The number of fused-ring (bicyclic) bond motifs is 1. The summed E-state index contributed by atoms with van der Waals surface area (Å²) in [5, 5.41) is 3.60. The van der Waals surface area contributed by atoms with Gasteiger partial charge in [-0.1, -0.05) is 11.6 Å². The molecular weight excluding hydrogens is 555 g/mol. The second-order valence-corrected chi connectivity index (χ2v) is 10.9. The fraction of sp³-hybridized carbons (Fsp3) is 0.308. The van der Waals surface area contributed by atoms with E-state index in [1.807, 2.05) is 25.1 Å². The van der Waals surface area contributed by atoms with Crippen LogP contribution in [-0.4, -0.2) is 50.7 Å². The number of piperazine rings is 1. The second kappa shape index (κ2) is 10.6. The molecule has 1 amide bonds. The van der Waals surface area contributed by atoms with Gasteiger partial charge >= 0.3 is 11.9 Å². The predicted molar refractivity (Wildman–Crippen MR) is 143 cm³/mol. The number of nitrogens with one attached hydrogen (secondary N) is 1. The number of carbonyl (C=O) groups excluding carboxylic acids is 1. The molecule has 1 aromatic carbocycles. The van der Waals surface area contributed by atoms with E-state index >= 15 is 0 Å². The number of thiophene rings is 1. The van der Waals surface area contributed by atoms with Crippen LogP contribution in [0.25, 0.3) is 21.3 Å². The molecule has 0 bridgehead atoms. The van der Waals surface area contributed by atoms with Crippen LogP contribution in [-0.2, 0) is 24.4 Å². The summed E-state index contributed by atoms with van der Waals surface area (Å²) in [6, 6.07) is 8.18. The van der Waals surface area contributed by atoms with E-state index in [0.29, 0.717) is 39.6 Å². The number of hydrogen-bond acceptors (Lipinski definition) is 6. The molecule has 1 N–H and O–H groups in total. The van der Waals surface area contributed by atoms with Gasteiger partial charge in [0, 0.05) is 53.6 Å². The number of halogens is 4. The molecule has 8 nitrogen and oxygen atoms in total. The van der Waals surface area contributed by atoms with Crippen LogP contribution in [0.1, 0.15) is 16.0 Å². The lowest BCUT2D eigenvalue weighted by Crippen LogP contribution is -2.47. The zero-order valence-electron chi connectivity index (χ0n) is 20.7. The number of aryl methyl sites for hydroxylation is 1. The maximum absolute atomic E-state index is 12.9. The van der Waals surface area contributed by atoms with E-state index in [4.69, 9.17) is 11.6 Å². The summed E-state index contributed by atoms with van der Waals surface area (Å²) in [7, 11) is 0.